The third-order valence-corrected chi connectivity index (χ3v) is 5.51. The van der Waals surface area contributed by atoms with Crippen molar-refractivity contribution in [2.75, 3.05) is 18.4 Å². The van der Waals surface area contributed by atoms with E-state index >= 15 is 0 Å². The number of amides is 1. The lowest BCUT2D eigenvalue weighted by atomic mass is 9.98. The number of aromatic nitrogens is 1. The van der Waals surface area contributed by atoms with Crippen molar-refractivity contribution >= 4 is 29.5 Å². The number of hydrogen-bond acceptors (Lipinski definition) is 5. The van der Waals surface area contributed by atoms with Gasteiger partial charge in [-0.15, -0.1) is 0 Å². The van der Waals surface area contributed by atoms with Crippen LogP contribution in [-0.2, 0) is 16.1 Å². The van der Waals surface area contributed by atoms with Crippen molar-refractivity contribution < 1.29 is 9.53 Å². The monoisotopic (exact) mass is 402 g/mol. The number of piperidine rings is 1. The van der Waals surface area contributed by atoms with E-state index in [4.69, 9.17) is 10.1 Å². The van der Waals surface area contributed by atoms with Crippen LogP contribution < -0.4 is 5.32 Å². The SMILES string of the molecule is C/C=C(\C=N)c1ccncc1/C=C/C(=O)Nc1ccc(CN2CC3CC(C2)O3)cc1. The van der Waals surface area contributed by atoms with Gasteiger partial charge in [-0.1, -0.05) is 18.2 Å². The molecular weight excluding hydrogens is 376 g/mol. The van der Waals surface area contributed by atoms with Gasteiger partial charge in [0.05, 0.1) is 12.2 Å². The van der Waals surface area contributed by atoms with Crippen molar-refractivity contribution in [2.45, 2.75) is 32.1 Å². The Bertz CT molecular complexity index is 965. The van der Waals surface area contributed by atoms with E-state index in [1.165, 1.54) is 24.3 Å². The van der Waals surface area contributed by atoms with Crippen LogP contribution in [0.25, 0.3) is 11.6 Å². The van der Waals surface area contributed by atoms with Crippen molar-refractivity contribution in [3.8, 4) is 0 Å². The van der Waals surface area contributed by atoms with Crippen LogP contribution >= 0.6 is 0 Å². The van der Waals surface area contributed by atoms with E-state index in [2.05, 4.69) is 27.3 Å². The summed E-state index contributed by atoms with van der Waals surface area (Å²) < 4.78 is 5.68. The highest BCUT2D eigenvalue weighted by Crippen LogP contribution is 2.28. The molecule has 0 saturated carbocycles. The van der Waals surface area contributed by atoms with E-state index in [0.29, 0.717) is 12.2 Å². The molecule has 3 aliphatic heterocycles. The molecule has 154 valence electrons. The number of carbonyl (C=O) groups excluding carboxylic acids is 1. The van der Waals surface area contributed by atoms with E-state index in [1.807, 2.05) is 31.2 Å². The summed E-state index contributed by atoms with van der Waals surface area (Å²) in [5.74, 6) is -0.206. The van der Waals surface area contributed by atoms with Gasteiger partial charge in [0.15, 0.2) is 0 Å². The minimum Gasteiger partial charge on any atom is -0.372 e. The lowest BCUT2D eigenvalue weighted by molar-refractivity contribution is -0.182. The summed E-state index contributed by atoms with van der Waals surface area (Å²) in [6.45, 7) is 4.80. The van der Waals surface area contributed by atoms with Crippen LogP contribution in [0.2, 0.25) is 0 Å². The number of pyridine rings is 1. The highest BCUT2D eigenvalue weighted by Gasteiger charge is 2.37. The number of nitrogens with one attached hydrogen (secondary N) is 2. The highest BCUT2D eigenvalue weighted by atomic mass is 16.5. The van der Waals surface area contributed by atoms with E-state index in [-0.39, 0.29) is 5.91 Å². The number of morpholine rings is 1. The lowest BCUT2D eigenvalue weighted by Gasteiger charge is -2.47. The molecule has 6 heteroatoms. The maximum Gasteiger partial charge on any atom is 0.248 e. The first-order valence-electron chi connectivity index (χ1n) is 10.2. The number of benzene rings is 1. The van der Waals surface area contributed by atoms with Gasteiger partial charge in [-0.2, -0.15) is 0 Å². The first-order chi connectivity index (χ1) is 14.6. The highest BCUT2D eigenvalue weighted by molar-refractivity contribution is 6.10. The molecular formula is C24H26N4O2. The normalized spacial score (nSPS) is 21.3. The third kappa shape index (κ3) is 4.72. The molecule has 2 bridgehead atoms. The molecule has 3 aliphatic rings. The van der Waals surface area contributed by atoms with Gasteiger partial charge in [0, 0.05) is 62.0 Å². The Hall–Kier alpha value is -3.09. The van der Waals surface area contributed by atoms with E-state index in [9.17, 15) is 4.79 Å². The Labute approximate surface area is 176 Å². The topological polar surface area (TPSA) is 78.3 Å². The molecule has 2 N–H and O–H groups in total. The zero-order valence-corrected chi connectivity index (χ0v) is 17.0. The molecule has 1 aromatic heterocycles. The summed E-state index contributed by atoms with van der Waals surface area (Å²) in [5.41, 5.74) is 4.44. The van der Waals surface area contributed by atoms with Crippen molar-refractivity contribution in [1.82, 2.24) is 9.88 Å². The molecule has 3 fully saturated rings. The first kappa shape index (κ1) is 20.2. The number of hydrogen-bond donors (Lipinski definition) is 2. The number of allylic oxidation sites excluding steroid dienone is 2. The molecule has 3 saturated heterocycles. The Morgan fingerprint density at radius 1 is 1.27 bits per heavy atom. The number of rotatable bonds is 7. The van der Waals surface area contributed by atoms with Crippen LogP contribution in [0.1, 0.15) is 30.0 Å². The fourth-order valence-corrected chi connectivity index (χ4v) is 3.99. The molecule has 2 unspecified atom stereocenters. The van der Waals surface area contributed by atoms with Gasteiger partial charge in [0.25, 0.3) is 0 Å². The fraction of sp³-hybridized carbons (Fsp3) is 0.292. The average molecular weight is 402 g/mol. The van der Waals surface area contributed by atoms with Gasteiger partial charge in [0.2, 0.25) is 5.91 Å². The molecule has 2 atom stereocenters. The van der Waals surface area contributed by atoms with E-state index in [0.717, 1.165) is 42.0 Å². The molecule has 30 heavy (non-hydrogen) atoms. The summed E-state index contributed by atoms with van der Waals surface area (Å²) in [7, 11) is 0. The molecule has 5 rings (SSSR count). The summed E-state index contributed by atoms with van der Waals surface area (Å²) in [6.07, 6.45) is 11.8. The molecule has 0 spiro atoms. The molecule has 0 aliphatic carbocycles. The second-order valence-electron chi connectivity index (χ2n) is 7.68. The molecule has 4 heterocycles. The second-order valence-corrected chi connectivity index (χ2v) is 7.68. The van der Waals surface area contributed by atoms with Crippen molar-refractivity contribution in [3.63, 3.8) is 0 Å². The zero-order valence-electron chi connectivity index (χ0n) is 17.0. The number of nitrogens with zero attached hydrogens (tertiary/aromatic N) is 2. The van der Waals surface area contributed by atoms with Crippen LogP contribution in [0.5, 0.6) is 0 Å². The standard InChI is InChI=1S/C24H26N4O2/c1-2-18(12-25)23-9-10-26-13-19(23)5-8-24(29)27-20-6-3-17(4-7-20)14-28-15-21-11-22(16-28)30-21/h2-10,12-13,21-22,25H,11,14-16H2,1H3,(H,27,29)/b8-5+,18-2+,25-12?. The lowest BCUT2D eigenvalue weighted by Crippen LogP contribution is -2.56. The molecule has 6 nitrogen and oxygen atoms in total. The van der Waals surface area contributed by atoms with Crippen LogP contribution in [0, 0.1) is 5.41 Å². The van der Waals surface area contributed by atoms with Gasteiger partial charge in [-0.25, -0.2) is 0 Å². The Morgan fingerprint density at radius 2 is 2.00 bits per heavy atom. The Kier molecular flexibility index (Phi) is 6.16. The van der Waals surface area contributed by atoms with Gasteiger partial charge < -0.3 is 15.5 Å². The minimum atomic E-state index is -0.206. The van der Waals surface area contributed by atoms with Crippen molar-refractivity contribution in [1.29, 1.82) is 5.41 Å². The predicted octanol–water partition coefficient (Wildman–Crippen LogP) is 3.76. The van der Waals surface area contributed by atoms with Gasteiger partial charge in [-0.05, 0) is 47.9 Å². The van der Waals surface area contributed by atoms with Gasteiger partial charge in [-0.3, -0.25) is 14.7 Å². The molecule has 2 aromatic rings. The molecule has 1 amide bonds. The summed E-state index contributed by atoms with van der Waals surface area (Å²) in [6, 6.07) is 9.83. The summed E-state index contributed by atoms with van der Waals surface area (Å²) in [5, 5.41) is 10.4. The predicted molar refractivity (Wildman–Crippen MR) is 119 cm³/mol. The van der Waals surface area contributed by atoms with Crippen LogP contribution in [0.15, 0.2) is 54.9 Å². The second kappa shape index (κ2) is 9.15. The fourth-order valence-electron chi connectivity index (χ4n) is 3.99. The van der Waals surface area contributed by atoms with E-state index in [1.54, 1.807) is 18.5 Å². The average Bonchev–Trinajstić information content (AvgIpc) is 2.75. The quantitative estimate of drug-likeness (QED) is 0.546. The maximum atomic E-state index is 12.3. The van der Waals surface area contributed by atoms with Crippen LogP contribution in [0.3, 0.4) is 0 Å². The van der Waals surface area contributed by atoms with Crippen LogP contribution in [-0.4, -0.2) is 47.3 Å². The Balaban J connectivity index is 1.35. The summed E-state index contributed by atoms with van der Waals surface area (Å²) in [4.78, 5) is 18.9. The Morgan fingerprint density at radius 3 is 2.67 bits per heavy atom. The summed E-state index contributed by atoms with van der Waals surface area (Å²) >= 11 is 0. The largest absolute Gasteiger partial charge is 0.372 e. The number of carbonyl (C=O) groups is 1. The number of ether oxygens (including phenoxy) is 1. The van der Waals surface area contributed by atoms with Gasteiger partial charge >= 0.3 is 0 Å². The number of anilines is 1. The van der Waals surface area contributed by atoms with Gasteiger partial charge in [0.1, 0.15) is 0 Å². The third-order valence-electron chi connectivity index (χ3n) is 5.51. The minimum absolute atomic E-state index is 0.206. The van der Waals surface area contributed by atoms with Crippen LogP contribution in [0.4, 0.5) is 5.69 Å². The van der Waals surface area contributed by atoms with Crippen molar-refractivity contribution in [3.05, 3.63) is 71.6 Å². The smallest absolute Gasteiger partial charge is 0.248 e. The molecule has 0 radical (unpaired) electrons. The van der Waals surface area contributed by atoms with Crippen molar-refractivity contribution in [2.24, 2.45) is 0 Å². The zero-order chi connectivity index (χ0) is 20.9. The first-order valence-corrected chi connectivity index (χ1v) is 10.2. The number of fused-ring (bicyclic) bond motifs is 2. The van der Waals surface area contributed by atoms with E-state index < -0.39 is 0 Å². The molecule has 1 aromatic carbocycles. The maximum absolute atomic E-state index is 12.3.